The molecule has 1 N–H and O–H groups in total. The van der Waals surface area contributed by atoms with Crippen LogP contribution in [0.15, 0.2) is 0 Å². The lowest BCUT2D eigenvalue weighted by molar-refractivity contribution is 0.176. The van der Waals surface area contributed by atoms with E-state index in [9.17, 15) is 4.79 Å². The zero-order valence-electron chi connectivity index (χ0n) is 6.39. The first kappa shape index (κ1) is 7.38. The second-order valence-corrected chi connectivity index (χ2v) is 3.07. The number of hydrogen-bond acceptors (Lipinski definition) is 2. The van der Waals surface area contributed by atoms with E-state index in [2.05, 4.69) is 19.2 Å². The molecule has 0 aromatic heterocycles. The van der Waals surface area contributed by atoms with Crippen LogP contribution in [0.2, 0.25) is 0 Å². The monoisotopic (exact) mass is 143 g/mol. The number of amides is 1. The lowest BCUT2D eigenvalue weighted by atomic mass is 10.1. The van der Waals surface area contributed by atoms with Crippen LogP contribution in [0.5, 0.6) is 0 Å². The maximum Gasteiger partial charge on any atom is 0.407 e. The molecule has 0 radical (unpaired) electrons. The summed E-state index contributed by atoms with van der Waals surface area (Å²) in [6.45, 7) is 4.80. The van der Waals surface area contributed by atoms with Gasteiger partial charge in [-0.3, -0.25) is 0 Å². The van der Waals surface area contributed by atoms with E-state index >= 15 is 0 Å². The predicted octanol–water partition coefficient (Wildman–Crippen LogP) is 1.14. The molecule has 1 aliphatic rings. The van der Waals surface area contributed by atoms with Gasteiger partial charge in [-0.25, -0.2) is 4.79 Å². The van der Waals surface area contributed by atoms with Gasteiger partial charge in [-0.2, -0.15) is 0 Å². The van der Waals surface area contributed by atoms with E-state index in [1.807, 2.05) is 0 Å². The van der Waals surface area contributed by atoms with Gasteiger partial charge in [0.05, 0.1) is 6.04 Å². The minimum atomic E-state index is -0.273. The quantitative estimate of drug-likeness (QED) is 0.629. The third-order valence-corrected chi connectivity index (χ3v) is 1.49. The van der Waals surface area contributed by atoms with Gasteiger partial charge in [0.15, 0.2) is 0 Å². The molecule has 1 rings (SSSR count). The molecular weight excluding hydrogens is 130 g/mol. The van der Waals surface area contributed by atoms with Crippen molar-refractivity contribution in [2.24, 2.45) is 5.92 Å². The van der Waals surface area contributed by atoms with Crippen molar-refractivity contribution >= 4 is 6.09 Å². The smallest absolute Gasteiger partial charge is 0.407 e. The van der Waals surface area contributed by atoms with Crippen molar-refractivity contribution in [1.29, 1.82) is 0 Å². The van der Waals surface area contributed by atoms with Crippen molar-refractivity contribution in [3.05, 3.63) is 0 Å². The summed E-state index contributed by atoms with van der Waals surface area (Å²) in [5, 5.41) is 2.72. The summed E-state index contributed by atoms with van der Waals surface area (Å²) in [6, 6.07) is 0.243. The molecule has 1 atom stereocenters. The topological polar surface area (TPSA) is 38.3 Å². The van der Waals surface area contributed by atoms with Gasteiger partial charge in [0.25, 0.3) is 0 Å². The van der Waals surface area contributed by atoms with Gasteiger partial charge in [-0.05, 0) is 12.3 Å². The molecule has 1 fully saturated rings. The molecule has 1 saturated heterocycles. The average Bonchev–Trinajstić information content (AvgIpc) is 2.13. The fourth-order valence-electron chi connectivity index (χ4n) is 1.12. The first-order chi connectivity index (χ1) is 4.68. The number of cyclic esters (lactones) is 1. The van der Waals surface area contributed by atoms with Crippen LogP contribution in [0.25, 0.3) is 0 Å². The number of carbonyl (C=O) groups is 1. The van der Waals surface area contributed by atoms with Crippen LogP contribution in [-0.4, -0.2) is 18.7 Å². The Morgan fingerprint density at radius 1 is 1.80 bits per heavy atom. The summed E-state index contributed by atoms with van der Waals surface area (Å²) in [7, 11) is 0. The third kappa shape index (κ3) is 1.90. The maximum absolute atomic E-state index is 10.5. The van der Waals surface area contributed by atoms with E-state index in [1.165, 1.54) is 0 Å². The van der Waals surface area contributed by atoms with Crippen LogP contribution in [-0.2, 0) is 4.74 Å². The van der Waals surface area contributed by atoms with Crippen molar-refractivity contribution in [3.8, 4) is 0 Å². The largest absolute Gasteiger partial charge is 0.447 e. The predicted molar refractivity (Wildman–Crippen MR) is 37.7 cm³/mol. The van der Waals surface area contributed by atoms with Crippen LogP contribution >= 0.6 is 0 Å². The summed E-state index contributed by atoms with van der Waals surface area (Å²) < 4.78 is 4.72. The maximum atomic E-state index is 10.5. The molecule has 0 saturated carbocycles. The highest BCUT2D eigenvalue weighted by atomic mass is 16.6. The first-order valence-corrected chi connectivity index (χ1v) is 3.62. The zero-order valence-corrected chi connectivity index (χ0v) is 6.39. The second-order valence-electron chi connectivity index (χ2n) is 3.07. The molecular formula is C7H13NO2. The molecule has 3 nitrogen and oxygen atoms in total. The van der Waals surface area contributed by atoms with Crippen molar-refractivity contribution in [2.45, 2.75) is 26.3 Å². The average molecular weight is 143 g/mol. The Labute approximate surface area is 60.7 Å². The Kier molecular flexibility index (Phi) is 2.14. The number of alkyl carbamates (subject to hydrolysis) is 1. The van der Waals surface area contributed by atoms with Crippen LogP contribution in [0.4, 0.5) is 4.79 Å². The standard InChI is InChI=1S/C7H13NO2/c1-5(2)3-6-4-10-7(9)8-6/h5-6H,3-4H2,1-2H3,(H,8,9)/t6-/m1/s1. The molecule has 0 bridgehead atoms. The molecule has 0 spiro atoms. The molecule has 1 heterocycles. The van der Waals surface area contributed by atoms with E-state index in [0.717, 1.165) is 6.42 Å². The lowest BCUT2D eigenvalue weighted by Crippen LogP contribution is -2.27. The molecule has 1 amide bonds. The van der Waals surface area contributed by atoms with Crippen LogP contribution in [0.3, 0.4) is 0 Å². The van der Waals surface area contributed by atoms with Crippen LogP contribution in [0.1, 0.15) is 20.3 Å². The van der Waals surface area contributed by atoms with Gasteiger partial charge in [0.1, 0.15) is 6.61 Å². The Morgan fingerprint density at radius 3 is 2.90 bits per heavy atom. The van der Waals surface area contributed by atoms with Crippen molar-refractivity contribution < 1.29 is 9.53 Å². The van der Waals surface area contributed by atoms with E-state index in [-0.39, 0.29) is 12.1 Å². The zero-order chi connectivity index (χ0) is 7.56. The van der Waals surface area contributed by atoms with E-state index in [4.69, 9.17) is 4.74 Å². The van der Waals surface area contributed by atoms with Gasteiger partial charge in [0, 0.05) is 0 Å². The number of hydrogen-bond donors (Lipinski definition) is 1. The van der Waals surface area contributed by atoms with Gasteiger partial charge in [-0.15, -0.1) is 0 Å². The highest BCUT2D eigenvalue weighted by Gasteiger charge is 2.22. The highest BCUT2D eigenvalue weighted by Crippen LogP contribution is 2.08. The molecule has 0 aromatic rings. The molecule has 1 aliphatic heterocycles. The molecule has 10 heavy (non-hydrogen) atoms. The molecule has 0 aromatic carbocycles. The third-order valence-electron chi connectivity index (χ3n) is 1.49. The highest BCUT2D eigenvalue weighted by molar-refractivity contribution is 5.69. The van der Waals surface area contributed by atoms with Crippen molar-refractivity contribution in [3.63, 3.8) is 0 Å². The molecule has 0 aliphatic carbocycles. The number of rotatable bonds is 2. The van der Waals surface area contributed by atoms with Crippen LogP contribution < -0.4 is 5.32 Å². The first-order valence-electron chi connectivity index (χ1n) is 3.62. The minimum Gasteiger partial charge on any atom is -0.447 e. The van der Waals surface area contributed by atoms with Crippen molar-refractivity contribution in [1.82, 2.24) is 5.32 Å². The fraction of sp³-hybridized carbons (Fsp3) is 0.857. The fourth-order valence-corrected chi connectivity index (χ4v) is 1.12. The minimum absolute atomic E-state index is 0.243. The summed E-state index contributed by atoms with van der Waals surface area (Å²) in [5.74, 6) is 0.618. The molecule has 3 heteroatoms. The van der Waals surface area contributed by atoms with Crippen molar-refractivity contribution in [2.75, 3.05) is 6.61 Å². The van der Waals surface area contributed by atoms with Gasteiger partial charge >= 0.3 is 6.09 Å². The Bertz CT molecular complexity index is 134. The summed E-state index contributed by atoms with van der Waals surface area (Å²) in [6.07, 6.45) is 0.733. The Balaban J connectivity index is 2.24. The number of ether oxygens (including phenoxy) is 1. The molecule has 58 valence electrons. The second kappa shape index (κ2) is 2.90. The summed E-state index contributed by atoms with van der Waals surface area (Å²) in [5.41, 5.74) is 0. The Morgan fingerprint density at radius 2 is 2.50 bits per heavy atom. The van der Waals surface area contributed by atoms with Gasteiger partial charge in [0.2, 0.25) is 0 Å². The van der Waals surface area contributed by atoms with E-state index in [0.29, 0.717) is 12.5 Å². The lowest BCUT2D eigenvalue weighted by Gasteiger charge is -2.08. The SMILES string of the molecule is CC(C)C[C@@H]1COC(=O)N1. The summed E-state index contributed by atoms with van der Waals surface area (Å²) in [4.78, 5) is 10.5. The number of nitrogens with one attached hydrogen (secondary N) is 1. The Hall–Kier alpha value is -0.730. The summed E-state index contributed by atoms with van der Waals surface area (Å²) >= 11 is 0. The van der Waals surface area contributed by atoms with Gasteiger partial charge in [-0.1, -0.05) is 13.8 Å². The van der Waals surface area contributed by atoms with E-state index < -0.39 is 0 Å². The normalized spacial score (nSPS) is 24.7. The number of carbonyl (C=O) groups excluding carboxylic acids is 1. The molecule has 0 unspecified atom stereocenters. The van der Waals surface area contributed by atoms with E-state index in [1.54, 1.807) is 0 Å². The van der Waals surface area contributed by atoms with Crippen LogP contribution in [0, 0.1) is 5.92 Å². The van der Waals surface area contributed by atoms with Gasteiger partial charge < -0.3 is 10.1 Å².